The van der Waals surface area contributed by atoms with Crippen LogP contribution in [0.5, 0.6) is 5.75 Å². The molecule has 1 aliphatic heterocycles. The first kappa shape index (κ1) is 23.5. The highest BCUT2D eigenvalue weighted by Crippen LogP contribution is 2.56. The van der Waals surface area contributed by atoms with Crippen LogP contribution < -0.4 is 4.74 Å². The molecule has 1 atom stereocenters. The highest BCUT2D eigenvalue weighted by Gasteiger charge is 2.58. The monoisotopic (exact) mass is 465 g/mol. The summed E-state index contributed by atoms with van der Waals surface area (Å²) in [4.78, 5) is 13.0. The third-order valence-corrected chi connectivity index (χ3v) is 7.07. The molecule has 1 aliphatic carbocycles. The van der Waals surface area contributed by atoms with Gasteiger partial charge in [0.2, 0.25) is 0 Å². The second-order valence-corrected chi connectivity index (χ2v) is 9.10. The van der Waals surface area contributed by atoms with E-state index in [1.165, 1.54) is 12.1 Å². The summed E-state index contributed by atoms with van der Waals surface area (Å²) in [6.45, 7) is 0.914. The van der Waals surface area contributed by atoms with E-state index in [0.717, 1.165) is 25.3 Å². The van der Waals surface area contributed by atoms with E-state index in [0.29, 0.717) is 24.3 Å². The van der Waals surface area contributed by atoms with Gasteiger partial charge in [0.25, 0.3) is 0 Å². The number of hydrogen-bond donors (Lipinski definition) is 1. The van der Waals surface area contributed by atoms with Crippen LogP contribution in [0, 0.1) is 11.2 Å². The first-order chi connectivity index (χ1) is 15.7. The minimum atomic E-state index is -4.16. The first-order valence-corrected chi connectivity index (χ1v) is 11.3. The minimum Gasteiger partial charge on any atom is -0.478 e. The third kappa shape index (κ3) is 5.00. The van der Waals surface area contributed by atoms with E-state index in [1.54, 1.807) is 24.3 Å². The summed E-state index contributed by atoms with van der Waals surface area (Å²) in [6, 6.07) is 10.3. The molecule has 0 radical (unpaired) electrons. The molecule has 0 spiro atoms. The summed E-state index contributed by atoms with van der Waals surface area (Å²) in [5.41, 5.74) is -0.818. The molecule has 2 fully saturated rings. The lowest BCUT2D eigenvalue weighted by Crippen LogP contribution is -2.51. The van der Waals surface area contributed by atoms with Crippen molar-refractivity contribution in [3.8, 4) is 16.9 Å². The van der Waals surface area contributed by atoms with Gasteiger partial charge in [-0.1, -0.05) is 31.0 Å². The molecular formula is C25H27F4NO3. The third-order valence-electron chi connectivity index (χ3n) is 7.07. The van der Waals surface area contributed by atoms with Gasteiger partial charge >= 0.3 is 12.1 Å². The maximum Gasteiger partial charge on any atom is 0.394 e. The standard InChI is InChI=1S/C25H27F4NO3/c26-22-14-18(23(31)32)7-10-21(22)17-5-8-20(9-6-17)33-16-30-13-2-1-4-19(30)15-24(11-3-12-24)25(27,28)29/h5-10,14,19H,1-4,11-13,15-16H2,(H,31,32). The fourth-order valence-electron chi connectivity index (χ4n) is 4.89. The minimum absolute atomic E-state index is 0.124. The van der Waals surface area contributed by atoms with Crippen LogP contribution in [0.25, 0.3) is 11.1 Å². The molecule has 178 valence electrons. The van der Waals surface area contributed by atoms with Crippen molar-refractivity contribution in [2.24, 2.45) is 5.41 Å². The van der Waals surface area contributed by atoms with E-state index in [2.05, 4.69) is 0 Å². The van der Waals surface area contributed by atoms with Crippen molar-refractivity contribution in [1.29, 1.82) is 0 Å². The zero-order valence-corrected chi connectivity index (χ0v) is 18.2. The number of nitrogens with zero attached hydrogens (tertiary/aromatic N) is 1. The highest BCUT2D eigenvalue weighted by atomic mass is 19.4. The van der Waals surface area contributed by atoms with Crippen LogP contribution in [0.2, 0.25) is 0 Å². The molecule has 1 unspecified atom stereocenters. The van der Waals surface area contributed by atoms with E-state index in [-0.39, 0.29) is 43.2 Å². The topological polar surface area (TPSA) is 49.8 Å². The zero-order chi connectivity index (χ0) is 23.6. The van der Waals surface area contributed by atoms with Gasteiger partial charge < -0.3 is 9.84 Å². The molecule has 2 aliphatic rings. The van der Waals surface area contributed by atoms with E-state index >= 15 is 0 Å². The number of piperidine rings is 1. The molecule has 1 saturated heterocycles. The smallest absolute Gasteiger partial charge is 0.394 e. The summed E-state index contributed by atoms with van der Waals surface area (Å²) in [5.74, 6) is -1.28. The summed E-state index contributed by atoms with van der Waals surface area (Å²) in [5, 5.41) is 8.97. The van der Waals surface area contributed by atoms with Gasteiger partial charge in [0.1, 0.15) is 18.3 Å². The average Bonchev–Trinajstić information content (AvgIpc) is 2.75. The first-order valence-electron chi connectivity index (χ1n) is 11.3. The molecule has 1 N–H and O–H groups in total. The van der Waals surface area contributed by atoms with Gasteiger partial charge in [-0.05, 0) is 61.9 Å². The van der Waals surface area contributed by atoms with Crippen LogP contribution in [0.3, 0.4) is 0 Å². The van der Waals surface area contributed by atoms with Crippen molar-refractivity contribution >= 4 is 5.97 Å². The number of halogens is 4. The summed E-state index contributed by atoms with van der Waals surface area (Å²) < 4.78 is 61.1. The van der Waals surface area contributed by atoms with E-state index in [4.69, 9.17) is 9.84 Å². The predicted octanol–water partition coefficient (Wildman–Crippen LogP) is 6.50. The highest BCUT2D eigenvalue weighted by molar-refractivity contribution is 5.88. The van der Waals surface area contributed by atoms with Crippen LogP contribution in [0.15, 0.2) is 42.5 Å². The average molecular weight is 465 g/mol. The van der Waals surface area contributed by atoms with E-state index < -0.39 is 23.4 Å². The van der Waals surface area contributed by atoms with Crippen LogP contribution in [-0.2, 0) is 0 Å². The Labute approximate surface area is 190 Å². The maximum atomic E-state index is 14.3. The van der Waals surface area contributed by atoms with Gasteiger partial charge in [0.15, 0.2) is 0 Å². The molecule has 4 nitrogen and oxygen atoms in total. The molecule has 2 aromatic carbocycles. The Morgan fingerprint density at radius 3 is 2.39 bits per heavy atom. The SMILES string of the molecule is O=C(O)c1ccc(-c2ccc(OCN3CCCCC3CC3(C(F)(F)F)CCC3)cc2)c(F)c1. The van der Waals surface area contributed by atoms with E-state index in [1.807, 2.05) is 4.90 Å². The Hall–Kier alpha value is -2.61. The number of ether oxygens (including phenoxy) is 1. The molecule has 0 aromatic heterocycles. The Morgan fingerprint density at radius 2 is 1.82 bits per heavy atom. The van der Waals surface area contributed by atoms with Gasteiger partial charge in [0, 0.05) is 18.2 Å². The van der Waals surface area contributed by atoms with Gasteiger partial charge in [-0.15, -0.1) is 0 Å². The van der Waals surface area contributed by atoms with E-state index in [9.17, 15) is 22.4 Å². The van der Waals surface area contributed by atoms with Crippen LogP contribution in [0.1, 0.15) is 55.3 Å². The van der Waals surface area contributed by atoms with Crippen molar-refractivity contribution in [3.05, 3.63) is 53.8 Å². The van der Waals surface area contributed by atoms with Crippen LogP contribution in [-0.4, -0.2) is 41.5 Å². The number of alkyl halides is 3. The maximum absolute atomic E-state index is 14.3. The van der Waals surface area contributed by atoms with Crippen molar-refractivity contribution in [2.75, 3.05) is 13.3 Å². The van der Waals surface area contributed by atoms with Gasteiger partial charge in [-0.25, -0.2) is 9.18 Å². The lowest BCUT2D eigenvalue weighted by atomic mass is 9.64. The van der Waals surface area contributed by atoms with Gasteiger partial charge in [0.05, 0.1) is 11.0 Å². The van der Waals surface area contributed by atoms with Crippen molar-refractivity contribution in [1.82, 2.24) is 4.90 Å². The molecular weight excluding hydrogens is 438 g/mol. The number of rotatable bonds is 7. The number of carbonyl (C=O) groups is 1. The number of likely N-dealkylation sites (tertiary alicyclic amines) is 1. The zero-order valence-electron chi connectivity index (χ0n) is 18.2. The van der Waals surface area contributed by atoms with Crippen molar-refractivity contribution in [2.45, 2.75) is 57.2 Å². The Morgan fingerprint density at radius 1 is 1.09 bits per heavy atom. The Bertz CT molecular complexity index is 986. The molecule has 0 amide bonds. The molecule has 1 heterocycles. The quantitative estimate of drug-likeness (QED) is 0.474. The number of hydrogen-bond acceptors (Lipinski definition) is 3. The lowest BCUT2D eigenvalue weighted by molar-refractivity contribution is -0.258. The largest absolute Gasteiger partial charge is 0.478 e. The fraction of sp³-hybridized carbons (Fsp3) is 0.480. The Kier molecular flexibility index (Phi) is 6.66. The van der Waals surface area contributed by atoms with Crippen LogP contribution >= 0.6 is 0 Å². The van der Waals surface area contributed by atoms with Gasteiger partial charge in [-0.3, -0.25) is 4.90 Å². The number of benzene rings is 2. The summed E-state index contributed by atoms with van der Waals surface area (Å²) in [7, 11) is 0. The Balaban J connectivity index is 1.39. The molecule has 0 bridgehead atoms. The molecule has 8 heteroatoms. The van der Waals surface area contributed by atoms with Crippen LogP contribution in [0.4, 0.5) is 17.6 Å². The van der Waals surface area contributed by atoms with Crippen molar-refractivity contribution in [3.63, 3.8) is 0 Å². The number of carboxylic acid groups (broad SMARTS) is 1. The number of carboxylic acids is 1. The normalized spacial score (nSPS) is 20.8. The summed E-state index contributed by atoms with van der Waals surface area (Å²) >= 11 is 0. The molecule has 4 rings (SSSR count). The molecule has 33 heavy (non-hydrogen) atoms. The van der Waals surface area contributed by atoms with Gasteiger partial charge in [-0.2, -0.15) is 13.2 Å². The fourth-order valence-corrected chi connectivity index (χ4v) is 4.89. The molecule has 1 saturated carbocycles. The molecule has 2 aromatic rings. The second-order valence-electron chi connectivity index (χ2n) is 9.10. The van der Waals surface area contributed by atoms with Crippen molar-refractivity contribution < 1.29 is 32.2 Å². The second kappa shape index (κ2) is 9.33. The number of aromatic carboxylic acids is 1. The predicted molar refractivity (Wildman–Crippen MR) is 116 cm³/mol. The summed E-state index contributed by atoms with van der Waals surface area (Å²) in [6.07, 6.45) is -0.367. The lowest BCUT2D eigenvalue weighted by Gasteiger charge is -2.48.